The molecule has 0 bridgehead atoms. The molecule has 0 saturated carbocycles. The summed E-state index contributed by atoms with van der Waals surface area (Å²) in [4.78, 5) is 20.9. The van der Waals surface area contributed by atoms with Gasteiger partial charge in [0.25, 0.3) is 11.1 Å². The molecule has 8 heteroatoms. The van der Waals surface area contributed by atoms with Crippen LogP contribution in [-0.2, 0) is 0 Å². The largest absolute Gasteiger partial charge is 0.412 e. The number of hydrogen-bond acceptors (Lipinski definition) is 4. The minimum atomic E-state index is -0.338. The number of hydrogen-bond donors (Lipinski definition) is 4. The minimum absolute atomic E-state index is 0. The van der Waals surface area contributed by atoms with Crippen LogP contribution in [0.4, 0.5) is 0 Å². The summed E-state index contributed by atoms with van der Waals surface area (Å²) in [6.45, 7) is 0. The molecule has 1 rings (SSSR count). The van der Waals surface area contributed by atoms with Crippen molar-refractivity contribution in [3.05, 3.63) is 31.2 Å². The summed E-state index contributed by atoms with van der Waals surface area (Å²) in [5.41, 5.74) is -0.670. The zero-order valence-corrected chi connectivity index (χ0v) is 7.51. The van der Waals surface area contributed by atoms with Gasteiger partial charge in [-0.3, -0.25) is 31.5 Å². The van der Waals surface area contributed by atoms with Crippen LogP contribution in [0.5, 0.6) is 0 Å². The smallest absolute Gasteiger partial charge is 0.276 e. The van der Waals surface area contributed by atoms with Crippen molar-refractivity contribution >= 4 is 15.9 Å². The van der Waals surface area contributed by atoms with Crippen molar-refractivity contribution in [2.45, 2.75) is 0 Å². The van der Waals surface area contributed by atoms with Gasteiger partial charge >= 0.3 is 0 Å². The molecule has 0 radical (unpaired) electrons. The monoisotopic (exact) mass is 240 g/mol. The Morgan fingerprint density at radius 1 is 1.25 bits per heavy atom. The maximum atomic E-state index is 10.5. The molecule has 0 amide bonds. The molecule has 8 N–H and O–H groups in total. The standard InChI is InChI=1S/C4H3BrN2O2.H4N2.H2O/c5-2-1-3(8)6-7-4(2)9;1-2;/h1H,(H,6,8)(H,7,9);1-2H2;1H2. The second kappa shape index (κ2) is 6.73. The fourth-order valence-electron chi connectivity index (χ4n) is 0.395. The molecule has 0 aromatic carbocycles. The van der Waals surface area contributed by atoms with Gasteiger partial charge in [-0.2, -0.15) is 0 Å². The Kier molecular flexibility index (Phi) is 7.64. The predicted octanol–water partition coefficient (Wildman–Crippen LogP) is -2.18. The normalized spacial score (nSPS) is 7.58. The summed E-state index contributed by atoms with van der Waals surface area (Å²) in [5.74, 6) is 8.00. The number of nitrogens with two attached hydrogens (primary N) is 2. The van der Waals surface area contributed by atoms with Crippen LogP contribution in [0.3, 0.4) is 0 Å². The first-order valence-electron chi connectivity index (χ1n) is 2.51. The van der Waals surface area contributed by atoms with Crippen LogP contribution in [-0.4, -0.2) is 15.7 Å². The van der Waals surface area contributed by atoms with Crippen molar-refractivity contribution in [1.82, 2.24) is 10.2 Å². The van der Waals surface area contributed by atoms with Gasteiger partial charge in [0, 0.05) is 6.07 Å². The van der Waals surface area contributed by atoms with Crippen molar-refractivity contribution in [2.24, 2.45) is 11.7 Å². The molecule has 0 aliphatic heterocycles. The molecule has 0 saturated heterocycles. The third-order valence-electron chi connectivity index (χ3n) is 0.774. The summed E-state index contributed by atoms with van der Waals surface area (Å²) < 4.78 is 0.242. The van der Waals surface area contributed by atoms with E-state index in [-0.39, 0.29) is 21.1 Å². The first-order chi connectivity index (χ1) is 5.20. The maximum absolute atomic E-state index is 10.5. The highest BCUT2D eigenvalue weighted by molar-refractivity contribution is 9.10. The molecule has 0 fully saturated rings. The summed E-state index contributed by atoms with van der Waals surface area (Å²) in [6, 6.07) is 1.17. The number of aromatic nitrogens is 2. The van der Waals surface area contributed by atoms with Crippen LogP contribution >= 0.6 is 15.9 Å². The molecule has 7 nitrogen and oxygen atoms in total. The van der Waals surface area contributed by atoms with Gasteiger partial charge in [0.05, 0.1) is 4.47 Å². The van der Waals surface area contributed by atoms with E-state index in [4.69, 9.17) is 0 Å². The van der Waals surface area contributed by atoms with E-state index < -0.39 is 0 Å². The lowest BCUT2D eigenvalue weighted by Crippen LogP contribution is -2.17. The number of nitrogens with one attached hydrogen (secondary N) is 2. The molecule has 70 valence electrons. The van der Waals surface area contributed by atoms with Crippen molar-refractivity contribution in [3.63, 3.8) is 0 Å². The van der Waals surface area contributed by atoms with Crippen LogP contribution in [0.2, 0.25) is 0 Å². The Bertz CT molecular complexity index is 319. The van der Waals surface area contributed by atoms with Crippen LogP contribution in [0.15, 0.2) is 20.1 Å². The lowest BCUT2D eigenvalue weighted by Gasteiger charge is -1.82. The van der Waals surface area contributed by atoms with E-state index in [0.717, 1.165) is 0 Å². The summed E-state index contributed by atoms with van der Waals surface area (Å²) in [6.07, 6.45) is 0. The van der Waals surface area contributed by atoms with E-state index >= 15 is 0 Å². The third kappa shape index (κ3) is 4.03. The van der Waals surface area contributed by atoms with Gasteiger partial charge in [-0.25, -0.2) is 0 Å². The SMILES string of the molecule is NN.O.O=c1cc(Br)c(=O)[nH][nH]1. The van der Waals surface area contributed by atoms with Crippen LogP contribution in [0.1, 0.15) is 0 Å². The first-order valence-corrected chi connectivity index (χ1v) is 3.30. The van der Waals surface area contributed by atoms with Crippen LogP contribution in [0.25, 0.3) is 0 Å². The molecule has 1 heterocycles. The molecule has 0 atom stereocenters. The van der Waals surface area contributed by atoms with E-state index in [1.807, 2.05) is 0 Å². The summed E-state index contributed by atoms with van der Waals surface area (Å²) >= 11 is 2.88. The predicted molar refractivity (Wildman–Crippen MR) is 47.4 cm³/mol. The Morgan fingerprint density at radius 3 is 2.08 bits per heavy atom. The number of halogens is 1. The Labute approximate surface area is 75.2 Å². The Morgan fingerprint density at radius 2 is 1.75 bits per heavy atom. The Hall–Kier alpha value is -0.960. The van der Waals surface area contributed by atoms with Crippen molar-refractivity contribution in [3.8, 4) is 0 Å². The van der Waals surface area contributed by atoms with E-state index in [1.54, 1.807) is 0 Å². The number of rotatable bonds is 0. The van der Waals surface area contributed by atoms with Crippen LogP contribution < -0.4 is 22.8 Å². The molecule has 12 heavy (non-hydrogen) atoms. The molecule has 0 spiro atoms. The molecular weight excluding hydrogens is 232 g/mol. The number of H-pyrrole nitrogens is 2. The van der Waals surface area contributed by atoms with Gasteiger partial charge in [-0.1, -0.05) is 0 Å². The molecule has 0 unspecified atom stereocenters. The lowest BCUT2D eigenvalue weighted by molar-refractivity contribution is 0.824. The number of hydrazine groups is 1. The van der Waals surface area contributed by atoms with E-state index in [9.17, 15) is 9.59 Å². The van der Waals surface area contributed by atoms with Gasteiger partial charge < -0.3 is 5.48 Å². The second-order valence-corrected chi connectivity index (χ2v) is 2.29. The van der Waals surface area contributed by atoms with Gasteiger partial charge in [0.15, 0.2) is 0 Å². The van der Waals surface area contributed by atoms with Crippen molar-refractivity contribution in [1.29, 1.82) is 0 Å². The maximum Gasteiger partial charge on any atom is 0.276 e. The van der Waals surface area contributed by atoms with Gasteiger partial charge in [-0.05, 0) is 15.9 Å². The lowest BCUT2D eigenvalue weighted by atomic mass is 10.6. The van der Waals surface area contributed by atoms with Crippen molar-refractivity contribution in [2.75, 3.05) is 0 Å². The highest BCUT2D eigenvalue weighted by atomic mass is 79.9. The third-order valence-corrected chi connectivity index (χ3v) is 1.36. The zero-order chi connectivity index (χ0) is 8.85. The van der Waals surface area contributed by atoms with E-state index in [0.29, 0.717) is 0 Å². The average molecular weight is 241 g/mol. The van der Waals surface area contributed by atoms with E-state index in [2.05, 4.69) is 37.8 Å². The first kappa shape index (κ1) is 13.6. The summed E-state index contributed by atoms with van der Waals surface area (Å²) in [7, 11) is 0. The van der Waals surface area contributed by atoms with Crippen molar-refractivity contribution < 1.29 is 5.48 Å². The summed E-state index contributed by atoms with van der Waals surface area (Å²) in [5, 5.41) is 4.25. The molecule has 1 aromatic rings. The van der Waals surface area contributed by atoms with Gasteiger partial charge in [0.2, 0.25) is 0 Å². The quantitative estimate of drug-likeness (QED) is 0.301. The highest BCUT2D eigenvalue weighted by Crippen LogP contribution is 1.93. The molecule has 1 aromatic heterocycles. The van der Waals surface area contributed by atoms with E-state index in [1.165, 1.54) is 6.07 Å². The zero-order valence-electron chi connectivity index (χ0n) is 5.93. The molecule has 0 aliphatic carbocycles. The minimum Gasteiger partial charge on any atom is -0.412 e. The fourth-order valence-corrected chi connectivity index (χ4v) is 0.702. The van der Waals surface area contributed by atoms with Gasteiger partial charge in [-0.15, -0.1) is 0 Å². The highest BCUT2D eigenvalue weighted by Gasteiger charge is 1.91. The van der Waals surface area contributed by atoms with Crippen LogP contribution in [0, 0.1) is 0 Å². The molecular formula is C4H9BrN4O3. The van der Waals surface area contributed by atoms with Gasteiger partial charge in [0.1, 0.15) is 0 Å². The Balaban J connectivity index is 0. The second-order valence-electron chi connectivity index (χ2n) is 1.44. The number of aromatic amines is 2. The topological polar surface area (TPSA) is 149 Å². The molecule has 0 aliphatic rings. The average Bonchev–Trinajstić information content (AvgIpc) is 2.02. The fraction of sp³-hybridized carbons (Fsp3) is 0.